The lowest BCUT2D eigenvalue weighted by atomic mass is 10.3. The van der Waals surface area contributed by atoms with Crippen molar-refractivity contribution < 1.29 is 14.7 Å². The fourth-order valence-corrected chi connectivity index (χ4v) is 1.29. The van der Waals surface area contributed by atoms with Crippen molar-refractivity contribution in [1.82, 2.24) is 9.97 Å². The summed E-state index contributed by atoms with van der Waals surface area (Å²) in [6.45, 7) is 0. The molecule has 0 atom stereocenters. The van der Waals surface area contributed by atoms with E-state index in [2.05, 4.69) is 14.8 Å². The highest BCUT2D eigenvalue weighted by Gasteiger charge is 2.17. The number of benzene rings is 1. The Morgan fingerprint density at radius 2 is 2.27 bits per heavy atom. The van der Waals surface area contributed by atoms with E-state index < -0.39 is 6.09 Å². The van der Waals surface area contributed by atoms with Crippen LogP contribution < -0.4 is 5.06 Å². The summed E-state index contributed by atoms with van der Waals surface area (Å²) in [6, 6.07) is 7.25. The van der Waals surface area contributed by atoms with Crippen molar-refractivity contribution in [2.75, 3.05) is 12.2 Å². The molecule has 78 valence electrons. The summed E-state index contributed by atoms with van der Waals surface area (Å²) in [6.07, 6.45) is -1.23. The van der Waals surface area contributed by atoms with Crippen LogP contribution in [-0.4, -0.2) is 28.3 Å². The number of rotatable bonds is 2. The van der Waals surface area contributed by atoms with E-state index in [1.807, 2.05) is 18.2 Å². The topological polar surface area (TPSA) is 78.4 Å². The van der Waals surface area contributed by atoms with Crippen molar-refractivity contribution in [2.45, 2.75) is 0 Å². The number of fused-ring (bicyclic) bond motifs is 1. The number of hydroxylamine groups is 1. The molecule has 0 aliphatic heterocycles. The van der Waals surface area contributed by atoms with Crippen molar-refractivity contribution in [3.8, 4) is 0 Å². The van der Waals surface area contributed by atoms with Gasteiger partial charge in [-0.25, -0.2) is 9.78 Å². The minimum absolute atomic E-state index is 0.145. The van der Waals surface area contributed by atoms with Crippen LogP contribution in [0.3, 0.4) is 0 Å². The zero-order valence-electron chi connectivity index (χ0n) is 7.97. The van der Waals surface area contributed by atoms with Gasteiger partial charge < -0.3 is 10.1 Å². The maximum Gasteiger partial charge on any atom is 0.439 e. The van der Waals surface area contributed by atoms with Gasteiger partial charge in [0.25, 0.3) is 0 Å². The number of nitrogens with zero attached hydrogens (tertiary/aromatic N) is 2. The second-order valence-electron chi connectivity index (χ2n) is 2.84. The number of carbonyl (C=O) groups is 1. The summed E-state index contributed by atoms with van der Waals surface area (Å²) in [5, 5.41) is 9.46. The van der Waals surface area contributed by atoms with Crippen LogP contribution in [-0.2, 0) is 4.84 Å². The number of anilines is 1. The van der Waals surface area contributed by atoms with E-state index in [0.717, 1.165) is 5.52 Å². The van der Waals surface area contributed by atoms with Crippen molar-refractivity contribution in [1.29, 1.82) is 0 Å². The minimum Gasteiger partial charge on any atom is -0.463 e. The quantitative estimate of drug-likeness (QED) is 0.733. The molecule has 1 amide bonds. The molecule has 6 nitrogen and oxygen atoms in total. The van der Waals surface area contributed by atoms with Crippen molar-refractivity contribution >= 4 is 23.1 Å². The third kappa shape index (κ3) is 1.62. The van der Waals surface area contributed by atoms with Gasteiger partial charge in [-0.15, -0.1) is 5.06 Å². The Hall–Kier alpha value is -2.08. The SMILES string of the molecule is CON(C(=O)O)c1nc2ccccc2[nH]1. The first-order chi connectivity index (χ1) is 7.22. The summed E-state index contributed by atoms with van der Waals surface area (Å²) in [7, 11) is 1.27. The van der Waals surface area contributed by atoms with Crippen LogP contribution in [0.25, 0.3) is 11.0 Å². The summed E-state index contributed by atoms with van der Waals surface area (Å²) >= 11 is 0. The number of para-hydroxylation sites is 2. The first-order valence-electron chi connectivity index (χ1n) is 4.24. The number of H-pyrrole nitrogens is 1. The molecule has 0 unspecified atom stereocenters. The molecule has 1 heterocycles. The fraction of sp³-hybridized carbons (Fsp3) is 0.111. The molecule has 1 aromatic carbocycles. The number of aromatic nitrogens is 2. The van der Waals surface area contributed by atoms with Gasteiger partial charge in [-0.2, -0.15) is 0 Å². The molecular formula is C9H9N3O3. The Bertz CT molecular complexity index is 461. The van der Waals surface area contributed by atoms with Crippen LogP contribution in [0.15, 0.2) is 24.3 Å². The van der Waals surface area contributed by atoms with E-state index in [1.165, 1.54) is 7.11 Å². The Morgan fingerprint density at radius 1 is 1.53 bits per heavy atom. The van der Waals surface area contributed by atoms with Crippen LogP contribution in [0.5, 0.6) is 0 Å². The Labute approximate surface area is 85.1 Å². The Balaban J connectivity index is 2.47. The van der Waals surface area contributed by atoms with Gasteiger partial charge in [0.1, 0.15) is 0 Å². The van der Waals surface area contributed by atoms with Crippen LogP contribution in [0.1, 0.15) is 0 Å². The predicted octanol–water partition coefficient (Wildman–Crippen LogP) is 1.61. The minimum atomic E-state index is -1.23. The number of hydrogen-bond acceptors (Lipinski definition) is 3. The lowest BCUT2D eigenvalue weighted by Crippen LogP contribution is -2.28. The highest BCUT2D eigenvalue weighted by molar-refractivity contribution is 5.85. The van der Waals surface area contributed by atoms with Crippen molar-refractivity contribution in [3.63, 3.8) is 0 Å². The van der Waals surface area contributed by atoms with Gasteiger partial charge in [-0.3, -0.25) is 4.84 Å². The first kappa shape index (κ1) is 9.47. The maximum absolute atomic E-state index is 10.7. The third-order valence-electron chi connectivity index (χ3n) is 1.93. The normalized spacial score (nSPS) is 10.5. The molecular weight excluding hydrogens is 198 g/mol. The van der Waals surface area contributed by atoms with E-state index in [9.17, 15) is 4.79 Å². The molecule has 0 spiro atoms. The molecule has 0 radical (unpaired) electrons. The van der Waals surface area contributed by atoms with Crippen molar-refractivity contribution in [3.05, 3.63) is 24.3 Å². The average Bonchev–Trinajstić information content (AvgIpc) is 2.61. The van der Waals surface area contributed by atoms with E-state index in [1.54, 1.807) is 6.07 Å². The second-order valence-corrected chi connectivity index (χ2v) is 2.84. The summed E-state index contributed by atoms with van der Waals surface area (Å²) in [5.74, 6) is 0.145. The molecule has 15 heavy (non-hydrogen) atoms. The van der Waals surface area contributed by atoms with Gasteiger partial charge in [0.15, 0.2) is 0 Å². The van der Waals surface area contributed by atoms with Gasteiger partial charge in [-0.05, 0) is 12.1 Å². The number of carboxylic acid groups (broad SMARTS) is 1. The van der Waals surface area contributed by atoms with Crippen LogP contribution in [0, 0.1) is 0 Å². The number of amides is 1. The smallest absolute Gasteiger partial charge is 0.439 e. The molecule has 2 N–H and O–H groups in total. The summed E-state index contributed by atoms with van der Waals surface area (Å²) < 4.78 is 0. The highest BCUT2D eigenvalue weighted by Crippen LogP contribution is 2.16. The number of nitrogens with one attached hydrogen (secondary N) is 1. The largest absolute Gasteiger partial charge is 0.463 e. The first-order valence-corrected chi connectivity index (χ1v) is 4.24. The summed E-state index contributed by atoms with van der Waals surface area (Å²) in [5.41, 5.74) is 1.45. The number of imidazole rings is 1. The monoisotopic (exact) mass is 207 g/mol. The molecule has 0 saturated heterocycles. The fourth-order valence-electron chi connectivity index (χ4n) is 1.29. The van der Waals surface area contributed by atoms with Gasteiger partial charge in [0.05, 0.1) is 18.1 Å². The highest BCUT2D eigenvalue weighted by atomic mass is 16.7. The summed E-state index contributed by atoms with van der Waals surface area (Å²) in [4.78, 5) is 22.3. The Morgan fingerprint density at radius 3 is 2.87 bits per heavy atom. The standard InChI is InChI=1S/C9H9N3O3/c1-15-12(9(13)14)8-10-6-4-2-3-5-7(6)11-8/h2-5H,1H3,(H,10,11)(H,13,14). The van der Waals surface area contributed by atoms with Crippen LogP contribution in [0.4, 0.5) is 10.7 Å². The third-order valence-corrected chi connectivity index (χ3v) is 1.93. The zero-order valence-corrected chi connectivity index (χ0v) is 7.97. The number of hydrogen-bond donors (Lipinski definition) is 2. The van der Waals surface area contributed by atoms with Crippen LogP contribution >= 0.6 is 0 Å². The molecule has 2 rings (SSSR count). The van der Waals surface area contributed by atoms with E-state index >= 15 is 0 Å². The molecule has 2 aromatic rings. The molecule has 0 aliphatic rings. The predicted molar refractivity (Wildman–Crippen MR) is 53.6 cm³/mol. The molecule has 0 fully saturated rings. The number of aromatic amines is 1. The van der Waals surface area contributed by atoms with Gasteiger partial charge in [0.2, 0.25) is 5.95 Å². The molecule has 0 aliphatic carbocycles. The van der Waals surface area contributed by atoms with Crippen molar-refractivity contribution in [2.24, 2.45) is 0 Å². The molecule has 0 bridgehead atoms. The van der Waals surface area contributed by atoms with E-state index in [4.69, 9.17) is 5.11 Å². The lowest BCUT2D eigenvalue weighted by Gasteiger charge is -2.10. The van der Waals surface area contributed by atoms with Gasteiger partial charge in [-0.1, -0.05) is 12.1 Å². The average molecular weight is 207 g/mol. The van der Waals surface area contributed by atoms with Crippen LogP contribution in [0.2, 0.25) is 0 Å². The van der Waals surface area contributed by atoms with Gasteiger partial charge in [0, 0.05) is 0 Å². The maximum atomic E-state index is 10.7. The lowest BCUT2D eigenvalue weighted by molar-refractivity contribution is 0.128. The Kier molecular flexibility index (Phi) is 2.26. The molecule has 0 saturated carbocycles. The van der Waals surface area contributed by atoms with Gasteiger partial charge >= 0.3 is 6.09 Å². The molecule has 6 heteroatoms. The second kappa shape index (κ2) is 3.58. The van der Waals surface area contributed by atoms with E-state index in [-0.39, 0.29) is 5.95 Å². The van der Waals surface area contributed by atoms with E-state index in [0.29, 0.717) is 10.6 Å². The molecule has 1 aromatic heterocycles. The zero-order chi connectivity index (χ0) is 10.8.